The summed E-state index contributed by atoms with van der Waals surface area (Å²) in [6.45, 7) is 0.172. The number of fused-ring (bicyclic) bond motifs is 1. The van der Waals surface area contributed by atoms with Gasteiger partial charge in [0.2, 0.25) is 0 Å². The van der Waals surface area contributed by atoms with Gasteiger partial charge in [0, 0.05) is 11.3 Å². The molecular weight excluding hydrogens is 375 g/mol. The Morgan fingerprint density at radius 1 is 1.10 bits per heavy atom. The van der Waals surface area contributed by atoms with Crippen LogP contribution < -0.4 is 14.8 Å². The summed E-state index contributed by atoms with van der Waals surface area (Å²) >= 11 is 0. The fourth-order valence-electron chi connectivity index (χ4n) is 3.24. The summed E-state index contributed by atoms with van der Waals surface area (Å²) < 4.78 is 24.2. The van der Waals surface area contributed by atoms with Crippen LogP contribution in [0.25, 0.3) is 0 Å². The van der Waals surface area contributed by atoms with Crippen LogP contribution in [0, 0.1) is 5.82 Å². The molecule has 1 aliphatic heterocycles. The fraction of sp³-hybridized carbons (Fsp3) is 0.136. The van der Waals surface area contributed by atoms with Crippen LogP contribution in [0.1, 0.15) is 27.7 Å². The van der Waals surface area contributed by atoms with E-state index in [1.165, 1.54) is 12.1 Å². The average molecular weight is 394 g/mol. The van der Waals surface area contributed by atoms with Gasteiger partial charge in [-0.2, -0.15) is 5.06 Å². The number of nitrogens with one attached hydrogen (secondary N) is 1. The zero-order chi connectivity index (χ0) is 20.4. The van der Waals surface area contributed by atoms with Gasteiger partial charge in [-0.3, -0.25) is 10.0 Å². The minimum atomic E-state index is -0.757. The van der Waals surface area contributed by atoms with Gasteiger partial charge in [-0.25, -0.2) is 4.39 Å². The molecule has 2 N–H and O–H groups in total. The van der Waals surface area contributed by atoms with Gasteiger partial charge in [0.1, 0.15) is 23.9 Å². The fourth-order valence-corrected chi connectivity index (χ4v) is 3.24. The Kier molecular flexibility index (Phi) is 5.05. The molecular formula is C22H19FN2O4. The van der Waals surface area contributed by atoms with Crippen molar-refractivity contribution in [1.29, 1.82) is 0 Å². The van der Waals surface area contributed by atoms with Crippen molar-refractivity contribution < 1.29 is 23.9 Å². The molecule has 1 atom stereocenters. The number of para-hydroxylation sites is 1. The normalized spacial score (nSPS) is 15.5. The summed E-state index contributed by atoms with van der Waals surface area (Å²) in [7, 11) is 1.55. The number of amides is 1. The first kappa shape index (κ1) is 18.8. The van der Waals surface area contributed by atoms with Crippen molar-refractivity contribution >= 4 is 11.6 Å². The summed E-state index contributed by atoms with van der Waals surface area (Å²) in [6.07, 6.45) is -0.757. The maximum atomic E-state index is 13.1. The predicted molar refractivity (Wildman–Crippen MR) is 104 cm³/mol. The predicted octanol–water partition coefficient (Wildman–Crippen LogP) is 4.37. The van der Waals surface area contributed by atoms with Gasteiger partial charge in [0.05, 0.1) is 12.7 Å². The van der Waals surface area contributed by atoms with Crippen molar-refractivity contribution in [2.24, 2.45) is 0 Å². The number of hydroxylamine groups is 2. The Bertz CT molecular complexity index is 1040. The summed E-state index contributed by atoms with van der Waals surface area (Å²) in [5.41, 5.74) is 2.43. The smallest absolute Gasteiger partial charge is 0.281 e. The quantitative estimate of drug-likeness (QED) is 0.629. The van der Waals surface area contributed by atoms with E-state index in [4.69, 9.17) is 9.47 Å². The first-order valence-electron chi connectivity index (χ1n) is 9.00. The molecule has 3 aromatic rings. The second-order valence-electron chi connectivity index (χ2n) is 6.56. The van der Waals surface area contributed by atoms with E-state index >= 15 is 0 Å². The van der Waals surface area contributed by atoms with Crippen molar-refractivity contribution in [3.63, 3.8) is 0 Å². The average Bonchev–Trinajstić information content (AvgIpc) is 2.75. The molecule has 29 heavy (non-hydrogen) atoms. The number of ether oxygens (including phenoxy) is 2. The summed E-state index contributed by atoms with van der Waals surface area (Å²) in [6, 6.07) is 18.0. The third-order valence-corrected chi connectivity index (χ3v) is 4.73. The van der Waals surface area contributed by atoms with E-state index < -0.39 is 12.1 Å². The number of carbonyl (C=O) groups excluding carboxylic acids is 1. The first-order chi connectivity index (χ1) is 14.1. The maximum Gasteiger partial charge on any atom is 0.281 e. The van der Waals surface area contributed by atoms with E-state index in [0.29, 0.717) is 33.4 Å². The van der Waals surface area contributed by atoms with E-state index in [2.05, 4.69) is 5.32 Å². The van der Waals surface area contributed by atoms with Crippen molar-refractivity contribution in [3.05, 3.63) is 89.2 Å². The molecule has 0 fully saturated rings. The lowest BCUT2D eigenvalue weighted by Gasteiger charge is -2.33. The number of halogens is 1. The van der Waals surface area contributed by atoms with E-state index in [9.17, 15) is 14.4 Å². The third kappa shape index (κ3) is 3.72. The Morgan fingerprint density at radius 3 is 2.62 bits per heavy atom. The molecule has 0 aromatic heterocycles. The number of hydrogen-bond acceptors (Lipinski definition) is 5. The van der Waals surface area contributed by atoms with Crippen molar-refractivity contribution in [2.75, 3.05) is 12.4 Å². The molecule has 148 valence electrons. The number of nitrogens with zero attached hydrogens (tertiary/aromatic N) is 1. The number of methoxy groups -OCH3 is 1. The SMILES string of the molecule is COc1ccc([C@@H]2Nc3ccccc3C(=O)N2O)cc1COc1ccc(F)cc1. The van der Waals surface area contributed by atoms with Gasteiger partial charge >= 0.3 is 0 Å². The number of anilines is 1. The summed E-state index contributed by atoms with van der Waals surface area (Å²) in [4.78, 5) is 12.5. The Balaban J connectivity index is 1.61. The molecule has 6 nitrogen and oxygen atoms in total. The van der Waals surface area contributed by atoms with Crippen LogP contribution in [0.3, 0.4) is 0 Å². The van der Waals surface area contributed by atoms with Gasteiger partial charge in [-0.05, 0) is 54.1 Å². The largest absolute Gasteiger partial charge is 0.496 e. The van der Waals surface area contributed by atoms with E-state index in [1.807, 2.05) is 6.07 Å². The van der Waals surface area contributed by atoms with Gasteiger partial charge in [-0.15, -0.1) is 0 Å². The van der Waals surface area contributed by atoms with Crippen LogP contribution in [-0.2, 0) is 6.61 Å². The first-order valence-corrected chi connectivity index (χ1v) is 9.00. The minimum absolute atomic E-state index is 0.172. The zero-order valence-corrected chi connectivity index (χ0v) is 15.6. The molecule has 0 saturated carbocycles. The second-order valence-corrected chi connectivity index (χ2v) is 6.56. The molecule has 0 saturated heterocycles. The monoisotopic (exact) mass is 394 g/mol. The van der Waals surface area contributed by atoms with Crippen molar-refractivity contribution in [1.82, 2.24) is 5.06 Å². The molecule has 1 aliphatic rings. The van der Waals surface area contributed by atoms with Gasteiger partial charge < -0.3 is 14.8 Å². The van der Waals surface area contributed by atoms with Crippen LogP contribution >= 0.6 is 0 Å². The lowest BCUT2D eigenvalue weighted by atomic mass is 10.0. The van der Waals surface area contributed by atoms with Crippen LogP contribution in [0.15, 0.2) is 66.7 Å². The van der Waals surface area contributed by atoms with E-state index in [-0.39, 0.29) is 12.4 Å². The molecule has 4 rings (SSSR count). The molecule has 7 heteroatoms. The number of benzene rings is 3. The lowest BCUT2D eigenvalue weighted by Crippen LogP contribution is -2.40. The van der Waals surface area contributed by atoms with Crippen LogP contribution in [0.2, 0.25) is 0 Å². The number of hydrogen-bond donors (Lipinski definition) is 2. The summed E-state index contributed by atoms with van der Waals surface area (Å²) in [5, 5.41) is 14.3. The van der Waals surface area contributed by atoms with Crippen molar-refractivity contribution in [3.8, 4) is 11.5 Å². The third-order valence-electron chi connectivity index (χ3n) is 4.73. The standard InChI is InChI=1S/C22H19FN2O4/c1-28-20-11-6-14(12-15(20)13-29-17-9-7-16(23)8-10-17)21-24-19-5-3-2-4-18(19)22(26)25(21)27/h2-12,21,24,27H,13H2,1H3/t21-/m1/s1. The lowest BCUT2D eigenvalue weighted by molar-refractivity contribution is -0.0851. The number of carbonyl (C=O) groups is 1. The Morgan fingerprint density at radius 2 is 1.86 bits per heavy atom. The highest BCUT2D eigenvalue weighted by Gasteiger charge is 2.32. The minimum Gasteiger partial charge on any atom is -0.496 e. The maximum absolute atomic E-state index is 13.1. The number of rotatable bonds is 5. The van der Waals surface area contributed by atoms with Crippen LogP contribution in [-0.4, -0.2) is 23.3 Å². The molecule has 0 aliphatic carbocycles. The molecule has 3 aromatic carbocycles. The van der Waals surface area contributed by atoms with E-state index in [1.54, 1.807) is 55.6 Å². The topological polar surface area (TPSA) is 71.0 Å². The second kappa shape index (κ2) is 7.81. The van der Waals surface area contributed by atoms with Gasteiger partial charge in [-0.1, -0.05) is 18.2 Å². The molecule has 1 amide bonds. The van der Waals surface area contributed by atoms with Crippen molar-refractivity contribution in [2.45, 2.75) is 12.8 Å². The molecule has 0 spiro atoms. The van der Waals surface area contributed by atoms with Crippen LogP contribution in [0.5, 0.6) is 11.5 Å². The molecule has 1 heterocycles. The molecule has 0 unspecified atom stereocenters. The highest BCUT2D eigenvalue weighted by atomic mass is 19.1. The molecule has 0 bridgehead atoms. The van der Waals surface area contributed by atoms with Gasteiger partial charge in [0.15, 0.2) is 6.17 Å². The zero-order valence-electron chi connectivity index (χ0n) is 15.6. The highest BCUT2D eigenvalue weighted by Crippen LogP contribution is 2.33. The van der Waals surface area contributed by atoms with Crippen LogP contribution in [0.4, 0.5) is 10.1 Å². The van der Waals surface area contributed by atoms with E-state index in [0.717, 1.165) is 5.56 Å². The highest BCUT2D eigenvalue weighted by molar-refractivity contribution is 6.01. The van der Waals surface area contributed by atoms with Gasteiger partial charge in [0.25, 0.3) is 5.91 Å². The summed E-state index contributed by atoms with van der Waals surface area (Å²) in [5.74, 6) is 0.294. The Hall–Kier alpha value is -3.58. The Labute approximate surface area is 167 Å². The molecule has 0 radical (unpaired) electrons.